The number of anilines is 1. The Labute approximate surface area is 105 Å². The van der Waals surface area contributed by atoms with Crippen LogP contribution in [0.4, 0.5) is 5.69 Å². The number of nitrogen functional groups attached to an aromatic ring is 1. The van der Waals surface area contributed by atoms with Gasteiger partial charge in [-0.05, 0) is 24.6 Å². The Bertz CT molecular complexity index is 446. The first-order chi connectivity index (χ1) is 8.54. The molecule has 0 aliphatic heterocycles. The smallest absolute Gasteiger partial charge is 0.255 e. The molecule has 0 aliphatic rings. The van der Waals surface area contributed by atoms with Crippen LogP contribution in [0.25, 0.3) is 0 Å². The molecule has 18 heavy (non-hydrogen) atoms. The molecule has 0 unspecified atom stereocenters. The number of hydrogen-bond donors (Lipinski definition) is 3. The van der Waals surface area contributed by atoms with Gasteiger partial charge in [0.15, 0.2) is 6.61 Å². The van der Waals surface area contributed by atoms with E-state index in [1.165, 1.54) is 6.07 Å². The molecule has 0 spiro atoms. The van der Waals surface area contributed by atoms with Crippen molar-refractivity contribution in [1.82, 2.24) is 5.32 Å². The first kappa shape index (κ1) is 13.8. The number of carbonyl (C=O) groups is 2. The molecular weight excluding hydrogens is 234 g/mol. The van der Waals surface area contributed by atoms with E-state index in [0.29, 0.717) is 17.8 Å². The van der Waals surface area contributed by atoms with Gasteiger partial charge in [-0.2, -0.15) is 0 Å². The zero-order valence-corrected chi connectivity index (χ0v) is 10.2. The molecule has 6 heteroatoms. The monoisotopic (exact) mass is 251 g/mol. The number of nitrogens with two attached hydrogens (primary N) is 2. The van der Waals surface area contributed by atoms with Crippen LogP contribution in [-0.4, -0.2) is 25.0 Å². The Balaban J connectivity index is 2.79. The Hall–Kier alpha value is -2.24. The fraction of sp³-hybridized carbons (Fsp3) is 0.333. The Kier molecular flexibility index (Phi) is 4.98. The summed E-state index contributed by atoms with van der Waals surface area (Å²) in [5, 5.41) is 2.73. The van der Waals surface area contributed by atoms with Crippen molar-refractivity contribution in [3.8, 4) is 5.75 Å². The van der Waals surface area contributed by atoms with Crippen molar-refractivity contribution < 1.29 is 14.3 Å². The average Bonchev–Trinajstić information content (AvgIpc) is 2.34. The van der Waals surface area contributed by atoms with Gasteiger partial charge in [-0.25, -0.2) is 0 Å². The molecule has 6 nitrogen and oxygen atoms in total. The molecule has 0 saturated heterocycles. The van der Waals surface area contributed by atoms with Crippen LogP contribution in [0.2, 0.25) is 0 Å². The van der Waals surface area contributed by atoms with E-state index in [4.69, 9.17) is 16.2 Å². The van der Waals surface area contributed by atoms with E-state index in [9.17, 15) is 9.59 Å². The fourth-order valence-electron chi connectivity index (χ4n) is 1.29. The quantitative estimate of drug-likeness (QED) is 0.631. The van der Waals surface area contributed by atoms with Crippen LogP contribution < -0.4 is 21.5 Å². The maximum Gasteiger partial charge on any atom is 0.255 e. The van der Waals surface area contributed by atoms with Crippen molar-refractivity contribution >= 4 is 17.5 Å². The first-order valence-corrected chi connectivity index (χ1v) is 5.63. The zero-order chi connectivity index (χ0) is 13.5. The van der Waals surface area contributed by atoms with E-state index in [-0.39, 0.29) is 18.3 Å². The second-order valence-electron chi connectivity index (χ2n) is 3.76. The van der Waals surface area contributed by atoms with Gasteiger partial charge in [-0.3, -0.25) is 9.59 Å². The van der Waals surface area contributed by atoms with Crippen molar-refractivity contribution in [1.29, 1.82) is 0 Å². The Morgan fingerprint density at radius 3 is 2.72 bits per heavy atom. The lowest BCUT2D eigenvalue weighted by atomic mass is 10.1. The largest absolute Gasteiger partial charge is 0.482 e. The highest BCUT2D eigenvalue weighted by Gasteiger charge is 2.09. The number of benzene rings is 1. The fourth-order valence-corrected chi connectivity index (χ4v) is 1.29. The number of nitrogens with one attached hydrogen (secondary N) is 1. The standard InChI is InChI=1S/C12H17N3O3/c1-2-5-15-12(17)8-3-4-9(13)10(6-8)18-7-11(14)16/h3-4,6H,2,5,7,13H2,1H3,(H2,14,16)(H,15,17). The number of carbonyl (C=O) groups excluding carboxylic acids is 2. The van der Waals surface area contributed by atoms with Crippen molar-refractivity contribution in [3.05, 3.63) is 23.8 Å². The maximum atomic E-state index is 11.7. The molecule has 1 rings (SSSR count). The minimum Gasteiger partial charge on any atom is -0.482 e. The van der Waals surface area contributed by atoms with Gasteiger partial charge in [0.05, 0.1) is 5.69 Å². The molecule has 0 radical (unpaired) electrons. The molecule has 2 amide bonds. The molecule has 0 atom stereocenters. The molecule has 5 N–H and O–H groups in total. The van der Waals surface area contributed by atoms with Crippen LogP contribution in [0.3, 0.4) is 0 Å². The second-order valence-corrected chi connectivity index (χ2v) is 3.76. The van der Waals surface area contributed by atoms with Gasteiger partial charge in [0.2, 0.25) is 0 Å². The predicted octanol–water partition coefficient (Wildman–Crippen LogP) is 0.273. The van der Waals surface area contributed by atoms with Gasteiger partial charge < -0.3 is 21.5 Å². The highest BCUT2D eigenvalue weighted by Crippen LogP contribution is 2.22. The van der Waals surface area contributed by atoms with E-state index in [0.717, 1.165) is 6.42 Å². The minimum atomic E-state index is -0.602. The topological polar surface area (TPSA) is 107 Å². The van der Waals surface area contributed by atoms with Gasteiger partial charge in [-0.15, -0.1) is 0 Å². The van der Waals surface area contributed by atoms with Crippen LogP contribution in [0.5, 0.6) is 5.75 Å². The van der Waals surface area contributed by atoms with Crippen LogP contribution >= 0.6 is 0 Å². The maximum absolute atomic E-state index is 11.7. The first-order valence-electron chi connectivity index (χ1n) is 5.63. The van der Waals surface area contributed by atoms with Crippen molar-refractivity contribution in [2.45, 2.75) is 13.3 Å². The highest BCUT2D eigenvalue weighted by molar-refractivity contribution is 5.95. The summed E-state index contributed by atoms with van der Waals surface area (Å²) in [5.74, 6) is -0.533. The number of hydrogen-bond acceptors (Lipinski definition) is 4. The van der Waals surface area contributed by atoms with Crippen molar-refractivity contribution in [2.75, 3.05) is 18.9 Å². The summed E-state index contributed by atoms with van der Waals surface area (Å²) >= 11 is 0. The summed E-state index contributed by atoms with van der Waals surface area (Å²) in [6.45, 7) is 2.29. The third-order valence-electron chi connectivity index (χ3n) is 2.18. The number of rotatable bonds is 6. The van der Waals surface area contributed by atoms with Gasteiger partial charge in [-0.1, -0.05) is 6.92 Å². The summed E-state index contributed by atoms with van der Waals surface area (Å²) in [5.41, 5.74) is 11.4. The van der Waals surface area contributed by atoms with Gasteiger partial charge in [0, 0.05) is 12.1 Å². The van der Waals surface area contributed by atoms with Gasteiger partial charge >= 0.3 is 0 Å². The molecule has 0 saturated carbocycles. The summed E-state index contributed by atoms with van der Waals surface area (Å²) in [7, 11) is 0. The second kappa shape index (κ2) is 6.48. The van der Waals surface area contributed by atoms with Crippen LogP contribution in [-0.2, 0) is 4.79 Å². The number of primary amides is 1. The molecule has 0 aromatic heterocycles. The summed E-state index contributed by atoms with van der Waals surface area (Å²) < 4.78 is 5.11. The molecule has 0 fully saturated rings. The molecule has 1 aromatic rings. The molecular formula is C12H17N3O3. The third-order valence-corrected chi connectivity index (χ3v) is 2.18. The molecule has 0 heterocycles. The Morgan fingerprint density at radius 2 is 2.11 bits per heavy atom. The van der Waals surface area contributed by atoms with Gasteiger partial charge in [0.1, 0.15) is 5.75 Å². The zero-order valence-electron chi connectivity index (χ0n) is 10.2. The highest BCUT2D eigenvalue weighted by atomic mass is 16.5. The van der Waals surface area contributed by atoms with Gasteiger partial charge in [0.25, 0.3) is 11.8 Å². The van der Waals surface area contributed by atoms with Crippen molar-refractivity contribution in [3.63, 3.8) is 0 Å². The minimum absolute atomic E-state index is 0.208. The lowest BCUT2D eigenvalue weighted by Crippen LogP contribution is -2.24. The predicted molar refractivity (Wildman–Crippen MR) is 68.2 cm³/mol. The normalized spacial score (nSPS) is 9.83. The van der Waals surface area contributed by atoms with Crippen LogP contribution in [0.15, 0.2) is 18.2 Å². The summed E-state index contributed by atoms with van der Waals surface area (Å²) in [6.07, 6.45) is 0.853. The average molecular weight is 251 g/mol. The van der Waals surface area contributed by atoms with E-state index < -0.39 is 5.91 Å². The number of amides is 2. The lowest BCUT2D eigenvalue weighted by Gasteiger charge is -2.09. The van der Waals surface area contributed by atoms with E-state index >= 15 is 0 Å². The third kappa shape index (κ3) is 3.97. The van der Waals surface area contributed by atoms with E-state index in [1.54, 1.807) is 12.1 Å². The SMILES string of the molecule is CCCNC(=O)c1ccc(N)c(OCC(N)=O)c1. The van der Waals surface area contributed by atoms with E-state index in [1.807, 2.05) is 6.92 Å². The molecule has 98 valence electrons. The summed E-state index contributed by atoms with van der Waals surface area (Å²) in [4.78, 5) is 22.3. The van der Waals surface area contributed by atoms with E-state index in [2.05, 4.69) is 5.32 Å². The van der Waals surface area contributed by atoms with Crippen LogP contribution in [0.1, 0.15) is 23.7 Å². The Morgan fingerprint density at radius 1 is 1.39 bits per heavy atom. The summed E-state index contributed by atoms with van der Waals surface area (Å²) in [6, 6.07) is 4.64. The van der Waals surface area contributed by atoms with Crippen LogP contribution in [0, 0.1) is 0 Å². The lowest BCUT2D eigenvalue weighted by molar-refractivity contribution is -0.119. The molecule has 1 aromatic carbocycles. The number of ether oxygens (including phenoxy) is 1. The molecule has 0 aliphatic carbocycles. The van der Waals surface area contributed by atoms with Crippen molar-refractivity contribution in [2.24, 2.45) is 5.73 Å². The molecule has 0 bridgehead atoms.